The molecule has 3 heterocycles. The van der Waals surface area contributed by atoms with E-state index in [1.54, 1.807) is 6.20 Å². The summed E-state index contributed by atoms with van der Waals surface area (Å²) in [4.78, 5) is 15.8. The van der Waals surface area contributed by atoms with Gasteiger partial charge < -0.3 is 15.5 Å². The minimum absolute atomic E-state index is 0.652. The maximum Gasteiger partial charge on any atom is 0.161 e. The Balaban J connectivity index is 1.45. The summed E-state index contributed by atoms with van der Waals surface area (Å²) in [6.07, 6.45) is 3.62. The molecule has 0 aliphatic carbocycles. The van der Waals surface area contributed by atoms with Crippen LogP contribution in [-0.4, -0.2) is 41.1 Å². The zero-order chi connectivity index (χ0) is 18.5. The Labute approximate surface area is 163 Å². The number of hydrogen-bond donors (Lipinski definition) is 2. The Morgan fingerprint density at radius 3 is 2.74 bits per heavy atom. The van der Waals surface area contributed by atoms with Crippen LogP contribution in [0.15, 0.2) is 54.9 Å². The number of rotatable bonds is 5. The minimum atomic E-state index is 0.652. The number of piperazine rings is 1. The highest BCUT2D eigenvalue weighted by Crippen LogP contribution is 2.20. The fraction of sp³-hybridized carbons (Fsp3) is 0.250. The van der Waals surface area contributed by atoms with Crippen LogP contribution in [0.25, 0.3) is 11.4 Å². The second kappa shape index (κ2) is 8.33. The summed E-state index contributed by atoms with van der Waals surface area (Å²) in [6, 6.07) is 13.6. The van der Waals surface area contributed by atoms with Crippen molar-refractivity contribution in [2.45, 2.75) is 6.54 Å². The van der Waals surface area contributed by atoms with E-state index in [2.05, 4.69) is 36.6 Å². The Hall–Kier alpha value is -2.70. The van der Waals surface area contributed by atoms with Crippen molar-refractivity contribution < 1.29 is 0 Å². The molecule has 6 nitrogen and oxygen atoms in total. The van der Waals surface area contributed by atoms with Crippen molar-refractivity contribution >= 4 is 23.2 Å². The normalized spacial score (nSPS) is 14.2. The summed E-state index contributed by atoms with van der Waals surface area (Å²) < 4.78 is 0. The van der Waals surface area contributed by atoms with Crippen molar-refractivity contribution in [2.75, 3.05) is 36.4 Å². The first-order valence-electron chi connectivity index (χ1n) is 9.01. The van der Waals surface area contributed by atoms with Gasteiger partial charge in [0, 0.05) is 55.7 Å². The predicted molar refractivity (Wildman–Crippen MR) is 109 cm³/mol. The molecule has 2 N–H and O–H groups in total. The fourth-order valence-electron chi connectivity index (χ4n) is 3.05. The summed E-state index contributed by atoms with van der Waals surface area (Å²) >= 11 is 6.07. The van der Waals surface area contributed by atoms with Crippen molar-refractivity contribution in [2.24, 2.45) is 0 Å². The number of nitrogens with one attached hydrogen (secondary N) is 2. The largest absolute Gasteiger partial charge is 0.366 e. The van der Waals surface area contributed by atoms with Gasteiger partial charge in [0.2, 0.25) is 0 Å². The summed E-state index contributed by atoms with van der Waals surface area (Å²) in [5.74, 6) is 2.46. The maximum atomic E-state index is 6.07. The van der Waals surface area contributed by atoms with Crippen molar-refractivity contribution in [3.63, 3.8) is 0 Å². The van der Waals surface area contributed by atoms with Gasteiger partial charge in [-0.1, -0.05) is 23.7 Å². The van der Waals surface area contributed by atoms with E-state index in [9.17, 15) is 0 Å². The topological polar surface area (TPSA) is 66.0 Å². The van der Waals surface area contributed by atoms with Crippen molar-refractivity contribution in [1.82, 2.24) is 20.3 Å². The molecule has 0 amide bonds. The van der Waals surface area contributed by atoms with E-state index in [-0.39, 0.29) is 0 Å². The number of anilines is 2. The summed E-state index contributed by atoms with van der Waals surface area (Å²) in [5.41, 5.74) is 2.07. The van der Waals surface area contributed by atoms with Gasteiger partial charge in [0.05, 0.1) is 0 Å². The van der Waals surface area contributed by atoms with Gasteiger partial charge in [-0.15, -0.1) is 0 Å². The van der Waals surface area contributed by atoms with Crippen LogP contribution in [-0.2, 0) is 6.54 Å². The van der Waals surface area contributed by atoms with Crippen LogP contribution in [0.3, 0.4) is 0 Å². The molecule has 27 heavy (non-hydrogen) atoms. The molecule has 0 saturated carbocycles. The Morgan fingerprint density at radius 2 is 1.89 bits per heavy atom. The molecule has 1 fully saturated rings. The third kappa shape index (κ3) is 4.53. The van der Waals surface area contributed by atoms with Crippen molar-refractivity contribution in [3.8, 4) is 11.4 Å². The zero-order valence-electron chi connectivity index (χ0n) is 14.9. The molecule has 1 saturated heterocycles. The van der Waals surface area contributed by atoms with E-state index < -0.39 is 0 Å². The van der Waals surface area contributed by atoms with Gasteiger partial charge in [-0.2, -0.15) is 0 Å². The molecule has 1 aromatic carbocycles. The van der Waals surface area contributed by atoms with E-state index in [4.69, 9.17) is 11.6 Å². The molecule has 0 unspecified atom stereocenters. The second-order valence-electron chi connectivity index (χ2n) is 6.39. The number of hydrogen-bond acceptors (Lipinski definition) is 6. The molecule has 1 aliphatic rings. The Bertz CT molecular complexity index is 910. The van der Waals surface area contributed by atoms with Crippen LogP contribution in [0, 0.1) is 0 Å². The van der Waals surface area contributed by atoms with Crippen LogP contribution in [0.1, 0.15) is 5.56 Å². The summed E-state index contributed by atoms with van der Waals surface area (Å²) in [6.45, 7) is 4.64. The van der Waals surface area contributed by atoms with Gasteiger partial charge in [0.25, 0.3) is 0 Å². The lowest BCUT2D eigenvalue weighted by atomic mass is 10.2. The highest BCUT2D eigenvalue weighted by atomic mass is 35.5. The van der Waals surface area contributed by atoms with Crippen molar-refractivity contribution in [1.29, 1.82) is 0 Å². The van der Waals surface area contributed by atoms with E-state index in [0.717, 1.165) is 43.4 Å². The molecule has 1 aliphatic heterocycles. The first-order valence-corrected chi connectivity index (χ1v) is 9.39. The smallest absolute Gasteiger partial charge is 0.161 e. The quantitative estimate of drug-likeness (QED) is 0.708. The molecule has 3 aromatic rings. The van der Waals surface area contributed by atoms with E-state index >= 15 is 0 Å². The first-order chi connectivity index (χ1) is 13.3. The molecule has 7 heteroatoms. The van der Waals surface area contributed by atoms with E-state index in [1.165, 1.54) is 5.56 Å². The van der Waals surface area contributed by atoms with Gasteiger partial charge in [-0.05, 0) is 35.9 Å². The molecule has 0 radical (unpaired) electrons. The number of benzene rings is 1. The lowest BCUT2D eigenvalue weighted by molar-refractivity contribution is 0.585. The Morgan fingerprint density at radius 1 is 1.04 bits per heavy atom. The van der Waals surface area contributed by atoms with Gasteiger partial charge in [0.15, 0.2) is 5.82 Å². The number of halogens is 1. The Kier molecular flexibility index (Phi) is 5.46. The lowest BCUT2D eigenvalue weighted by Gasteiger charge is -2.28. The van der Waals surface area contributed by atoms with Gasteiger partial charge in [0.1, 0.15) is 11.6 Å². The third-order valence-corrected chi connectivity index (χ3v) is 4.70. The maximum absolute atomic E-state index is 6.07. The summed E-state index contributed by atoms with van der Waals surface area (Å²) in [5, 5.41) is 7.41. The molecule has 2 aromatic heterocycles. The van der Waals surface area contributed by atoms with Crippen LogP contribution >= 0.6 is 11.6 Å². The molecular weight excluding hydrogens is 360 g/mol. The molecule has 0 spiro atoms. The average molecular weight is 381 g/mol. The first kappa shape index (κ1) is 17.7. The number of pyridine rings is 1. The highest BCUT2D eigenvalue weighted by molar-refractivity contribution is 6.30. The van der Waals surface area contributed by atoms with Gasteiger partial charge >= 0.3 is 0 Å². The van der Waals surface area contributed by atoms with Crippen molar-refractivity contribution in [3.05, 3.63) is 65.4 Å². The molecule has 0 atom stereocenters. The fourth-order valence-corrected chi connectivity index (χ4v) is 3.24. The molecule has 4 rings (SSSR count). The van der Waals surface area contributed by atoms with E-state index in [1.807, 2.05) is 42.6 Å². The molecular formula is C20H21ClN6. The van der Waals surface area contributed by atoms with Crippen LogP contribution in [0.2, 0.25) is 5.02 Å². The lowest BCUT2D eigenvalue weighted by Crippen LogP contribution is -2.43. The van der Waals surface area contributed by atoms with Gasteiger partial charge in [-0.25, -0.2) is 15.0 Å². The van der Waals surface area contributed by atoms with E-state index in [0.29, 0.717) is 17.4 Å². The SMILES string of the molecule is Clc1cccc(-c2nccc(NCc3ccnc(N4CCNCC4)c3)n2)c1. The van der Waals surface area contributed by atoms with Crippen LogP contribution < -0.4 is 15.5 Å². The van der Waals surface area contributed by atoms with Crippen LogP contribution in [0.4, 0.5) is 11.6 Å². The minimum Gasteiger partial charge on any atom is -0.366 e. The molecule has 138 valence electrons. The third-order valence-electron chi connectivity index (χ3n) is 4.46. The van der Waals surface area contributed by atoms with Gasteiger partial charge in [-0.3, -0.25) is 0 Å². The highest BCUT2D eigenvalue weighted by Gasteiger charge is 2.12. The average Bonchev–Trinajstić information content (AvgIpc) is 2.73. The standard InChI is InChI=1S/C20H21ClN6/c21-17-3-1-2-16(13-17)20-24-7-5-18(26-20)25-14-15-4-6-23-19(12-15)27-10-8-22-9-11-27/h1-7,12-13,22H,8-11,14H2,(H,24,25,26). The zero-order valence-corrected chi connectivity index (χ0v) is 15.7. The van der Waals surface area contributed by atoms with Crippen LogP contribution in [0.5, 0.6) is 0 Å². The molecule has 0 bridgehead atoms. The predicted octanol–water partition coefficient (Wildman–Crippen LogP) is 3.21. The number of nitrogens with zero attached hydrogens (tertiary/aromatic N) is 4. The number of aromatic nitrogens is 3. The second-order valence-corrected chi connectivity index (χ2v) is 6.83. The monoisotopic (exact) mass is 380 g/mol. The summed E-state index contributed by atoms with van der Waals surface area (Å²) in [7, 11) is 0.